The van der Waals surface area contributed by atoms with Gasteiger partial charge in [0.25, 0.3) is 0 Å². The highest BCUT2D eigenvalue weighted by Crippen LogP contribution is 2.25. The molecule has 2 rings (SSSR count). The Kier molecular flexibility index (Phi) is 1.93. The van der Waals surface area contributed by atoms with Gasteiger partial charge in [-0.15, -0.1) is 0 Å². The van der Waals surface area contributed by atoms with Gasteiger partial charge in [0.1, 0.15) is 11.6 Å². The molecule has 0 amide bonds. The van der Waals surface area contributed by atoms with Crippen LogP contribution in [-0.4, -0.2) is 9.67 Å². The summed E-state index contributed by atoms with van der Waals surface area (Å²) in [6.07, 6.45) is 1.93. The van der Waals surface area contributed by atoms with Crippen LogP contribution in [0.3, 0.4) is 0 Å². The third kappa shape index (κ3) is 1.44. The van der Waals surface area contributed by atoms with E-state index < -0.39 is 0 Å². The summed E-state index contributed by atoms with van der Waals surface area (Å²) >= 11 is 0. The molecular weight excluding hydrogens is 176 g/mol. The zero-order valence-corrected chi connectivity index (χ0v) is 7.94. The van der Waals surface area contributed by atoms with Crippen LogP contribution in [0.4, 0.5) is 5.82 Å². The van der Waals surface area contributed by atoms with E-state index in [2.05, 4.69) is 0 Å². The molecule has 0 radical (unpaired) electrons. The number of nitrogens with two attached hydrogens (primary N) is 1. The van der Waals surface area contributed by atoms with Crippen LogP contribution in [0.2, 0.25) is 0 Å². The zero-order chi connectivity index (χ0) is 10.1. The number of nitrogen functional groups attached to an aromatic ring is 1. The molecule has 0 spiro atoms. The number of benzene rings is 1. The van der Waals surface area contributed by atoms with E-state index in [0.717, 1.165) is 11.1 Å². The van der Waals surface area contributed by atoms with E-state index in [9.17, 15) is 5.11 Å². The molecule has 0 aliphatic carbocycles. The number of rotatable bonds is 1. The van der Waals surface area contributed by atoms with E-state index in [-0.39, 0.29) is 5.75 Å². The summed E-state index contributed by atoms with van der Waals surface area (Å²) in [5, 5.41) is 9.31. The van der Waals surface area contributed by atoms with Gasteiger partial charge in [-0.1, -0.05) is 12.1 Å². The van der Waals surface area contributed by atoms with Crippen LogP contribution in [0.5, 0.6) is 5.75 Å². The first kappa shape index (κ1) is 8.69. The molecule has 3 N–H and O–H groups in total. The lowest BCUT2D eigenvalue weighted by Crippen LogP contribution is -1.92. The highest BCUT2D eigenvalue weighted by Gasteiger charge is 2.02. The number of aryl methyl sites for hydroxylation is 1. The normalized spacial score (nSPS) is 10.4. The van der Waals surface area contributed by atoms with Crippen molar-refractivity contribution in [1.29, 1.82) is 0 Å². The first-order chi connectivity index (χ1) is 6.66. The van der Waals surface area contributed by atoms with Gasteiger partial charge >= 0.3 is 0 Å². The second-order valence-corrected chi connectivity index (χ2v) is 3.31. The first-order valence-corrected chi connectivity index (χ1v) is 4.38. The average molecular weight is 188 g/mol. The highest BCUT2D eigenvalue weighted by atomic mass is 16.3. The fourth-order valence-corrected chi connectivity index (χ4v) is 1.42. The van der Waals surface area contributed by atoms with Gasteiger partial charge in [0.2, 0.25) is 0 Å². The summed E-state index contributed by atoms with van der Waals surface area (Å²) in [5.41, 5.74) is 7.70. The van der Waals surface area contributed by atoms with Crippen LogP contribution in [0.15, 0.2) is 36.5 Å². The number of nitrogens with zero attached hydrogens (tertiary/aromatic N) is 1. The molecule has 0 unspecified atom stereocenters. The number of aromatic hydroxyl groups is 1. The number of hydrogen-bond donors (Lipinski definition) is 2. The number of phenolic OH excluding ortho intramolecular Hbond substituents is 1. The Hall–Kier alpha value is -1.90. The van der Waals surface area contributed by atoms with Gasteiger partial charge in [0, 0.05) is 18.8 Å². The molecule has 0 atom stereocenters. The van der Waals surface area contributed by atoms with Crippen molar-refractivity contribution in [3.8, 4) is 16.9 Å². The molecule has 14 heavy (non-hydrogen) atoms. The number of phenols is 1. The van der Waals surface area contributed by atoms with Crippen LogP contribution in [-0.2, 0) is 7.05 Å². The molecule has 0 aliphatic rings. The lowest BCUT2D eigenvalue weighted by Gasteiger charge is -1.97. The molecule has 1 aromatic heterocycles. The molecular formula is C11H12N2O. The molecule has 72 valence electrons. The number of aromatic nitrogens is 1. The molecule has 1 heterocycles. The largest absolute Gasteiger partial charge is 0.508 e. The van der Waals surface area contributed by atoms with E-state index in [0.29, 0.717) is 5.82 Å². The van der Waals surface area contributed by atoms with E-state index in [1.54, 1.807) is 12.1 Å². The summed E-state index contributed by atoms with van der Waals surface area (Å²) in [4.78, 5) is 0. The van der Waals surface area contributed by atoms with Crippen molar-refractivity contribution in [2.75, 3.05) is 5.73 Å². The quantitative estimate of drug-likeness (QED) is 0.719. The van der Waals surface area contributed by atoms with Crippen molar-refractivity contribution >= 4 is 5.82 Å². The summed E-state index contributed by atoms with van der Waals surface area (Å²) in [6, 6.07) is 9.00. The first-order valence-electron chi connectivity index (χ1n) is 4.38. The predicted octanol–water partition coefficient (Wildman–Crippen LogP) is 1.98. The topological polar surface area (TPSA) is 51.2 Å². The fourth-order valence-electron chi connectivity index (χ4n) is 1.42. The molecule has 1 aromatic carbocycles. The van der Waals surface area contributed by atoms with Crippen LogP contribution >= 0.6 is 0 Å². The molecule has 0 saturated heterocycles. The Morgan fingerprint density at radius 3 is 2.57 bits per heavy atom. The minimum atomic E-state index is 0.268. The SMILES string of the molecule is Cn1cc(-c2cccc(O)c2)cc1N. The summed E-state index contributed by atoms with van der Waals surface area (Å²) in [5.74, 6) is 0.980. The predicted molar refractivity (Wildman–Crippen MR) is 56.9 cm³/mol. The average Bonchev–Trinajstić information content (AvgIpc) is 2.47. The monoisotopic (exact) mass is 188 g/mol. The van der Waals surface area contributed by atoms with Crippen LogP contribution < -0.4 is 5.73 Å². The van der Waals surface area contributed by atoms with Crippen molar-refractivity contribution in [1.82, 2.24) is 4.57 Å². The maximum atomic E-state index is 9.31. The smallest absolute Gasteiger partial charge is 0.116 e. The molecule has 3 heteroatoms. The summed E-state index contributed by atoms with van der Waals surface area (Å²) in [6.45, 7) is 0. The van der Waals surface area contributed by atoms with Gasteiger partial charge < -0.3 is 15.4 Å². The Bertz CT molecular complexity index is 441. The molecule has 3 nitrogen and oxygen atoms in total. The minimum absolute atomic E-state index is 0.268. The second kappa shape index (κ2) is 3.10. The van der Waals surface area contributed by atoms with Gasteiger partial charge in [-0.05, 0) is 23.8 Å². The summed E-state index contributed by atoms with van der Waals surface area (Å²) < 4.78 is 1.85. The Labute approximate surface area is 82.4 Å². The van der Waals surface area contributed by atoms with Gasteiger partial charge in [-0.25, -0.2) is 0 Å². The summed E-state index contributed by atoms with van der Waals surface area (Å²) in [7, 11) is 1.89. The third-order valence-corrected chi connectivity index (χ3v) is 2.22. The van der Waals surface area contributed by atoms with Gasteiger partial charge in [-0.3, -0.25) is 0 Å². The van der Waals surface area contributed by atoms with Crippen LogP contribution in [0.25, 0.3) is 11.1 Å². The molecule has 0 aliphatic heterocycles. The van der Waals surface area contributed by atoms with Crippen molar-refractivity contribution in [3.05, 3.63) is 36.5 Å². The van der Waals surface area contributed by atoms with Crippen LogP contribution in [0.1, 0.15) is 0 Å². The molecule has 0 fully saturated rings. The van der Waals surface area contributed by atoms with Gasteiger partial charge in [0.15, 0.2) is 0 Å². The van der Waals surface area contributed by atoms with Crippen molar-refractivity contribution in [2.45, 2.75) is 0 Å². The lowest BCUT2D eigenvalue weighted by molar-refractivity contribution is 0.475. The van der Waals surface area contributed by atoms with Crippen molar-refractivity contribution in [3.63, 3.8) is 0 Å². The maximum Gasteiger partial charge on any atom is 0.116 e. The maximum absolute atomic E-state index is 9.31. The standard InChI is InChI=1S/C11H12N2O/c1-13-7-9(6-11(13)12)8-3-2-4-10(14)5-8/h2-7,14H,12H2,1H3. The van der Waals surface area contributed by atoms with E-state index in [4.69, 9.17) is 5.73 Å². The molecule has 0 saturated carbocycles. The number of anilines is 1. The Morgan fingerprint density at radius 1 is 1.21 bits per heavy atom. The van der Waals surface area contributed by atoms with E-state index in [1.165, 1.54) is 0 Å². The third-order valence-electron chi connectivity index (χ3n) is 2.22. The van der Waals surface area contributed by atoms with Gasteiger partial charge in [-0.2, -0.15) is 0 Å². The molecule has 0 bridgehead atoms. The van der Waals surface area contributed by atoms with Gasteiger partial charge in [0.05, 0.1) is 0 Å². The Morgan fingerprint density at radius 2 is 2.00 bits per heavy atom. The minimum Gasteiger partial charge on any atom is -0.508 e. The number of hydrogen-bond acceptors (Lipinski definition) is 2. The van der Waals surface area contributed by atoms with E-state index in [1.807, 2.05) is 36.0 Å². The zero-order valence-electron chi connectivity index (χ0n) is 7.94. The second-order valence-electron chi connectivity index (χ2n) is 3.31. The molecule has 2 aromatic rings. The fraction of sp³-hybridized carbons (Fsp3) is 0.0909. The van der Waals surface area contributed by atoms with Crippen LogP contribution in [0, 0.1) is 0 Å². The lowest BCUT2D eigenvalue weighted by atomic mass is 10.1. The van der Waals surface area contributed by atoms with E-state index >= 15 is 0 Å². The highest BCUT2D eigenvalue weighted by molar-refractivity contribution is 5.67. The Balaban J connectivity index is 2.49. The van der Waals surface area contributed by atoms with Crippen molar-refractivity contribution in [2.24, 2.45) is 7.05 Å². The van der Waals surface area contributed by atoms with Crippen molar-refractivity contribution < 1.29 is 5.11 Å².